The highest BCUT2D eigenvalue weighted by Crippen LogP contribution is 2.51. The minimum absolute atomic E-state index is 0.0795. The molecule has 0 aliphatic carbocycles. The van der Waals surface area contributed by atoms with Gasteiger partial charge in [-0.25, -0.2) is 9.18 Å². The fourth-order valence-corrected chi connectivity index (χ4v) is 5.72. The maximum Gasteiger partial charge on any atom is 0.407 e. The fraction of sp³-hybridized carbons (Fsp3) is 0.350. The molecule has 2 aliphatic rings. The number of carbonyl (C=O) groups is 1. The molecule has 0 aromatic heterocycles. The maximum atomic E-state index is 14.3. The molecule has 1 amide bonds. The van der Waals surface area contributed by atoms with Gasteiger partial charge in [0.25, 0.3) is 10.1 Å². The first-order valence-corrected chi connectivity index (χ1v) is 12.3. The van der Waals surface area contributed by atoms with Gasteiger partial charge >= 0.3 is 6.09 Å². The third kappa shape index (κ3) is 4.02. The Morgan fingerprint density at radius 3 is 2.68 bits per heavy atom. The van der Waals surface area contributed by atoms with Crippen molar-refractivity contribution < 1.29 is 31.6 Å². The molecule has 1 fully saturated rings. The minimum Gasteiger partial charge on any atom is -0.480 e. The molecular formula is C20H18BrClFNO6S. The van der Waals surface area contributed by atoms with E-state index in [1.54, 1.807) is 24.3 Å². The Hall–Kier alpha value is -1.88. The van der Waals surface area contributed by atoms with Crippen molar-refractivity contribution in [2.24, 2.45) is 0 Å². The zero-order valence-electron chi connectivity index (χ0n) is 16.2. The van der Waals surface area contributed by atoms with Crippen molar-refractivity contribution in [1.82, 2.24) is 4.90 Å². The van der Waals surface area contributed by atoms with Crippen LogP contribution in [0.3, 0.4) is 0 Å². The van der Waals surface area contributed by atoms with E-state index in [-0.39, 0.29) is 30.2 Å². The lowest BCUT2D eigenvalue weighted by atomic mass is 9.81. The first kappa shape index (κ1) is 22.3. The van der Waals surface area contributed by atoms with Crippen molar-refractivity contribution in [2.45, 2.75) is 30.6 Å². The quantitative estimate of drug-likeness (QED) is 0.468. The van der Waals surface area contributed by atoms with Crippen LogP contribution in [0.4, 0.5) is 9.18 Å². The summed E-state index contributed by atoms with van der Waals surface area (Å²) in [5, 5.41) is 9.76. The van der Waals surface area contributed by atoms with Crippen LogP contribution in [-0.2, 0) is 26.3 Å². The van der Waals surface area contributed by atoms with Crippen molar-refractivity contribution in [3.63, 3.8) is 0 Å². The molecule has 0 radical (unpaired) electrons. The molecule has 3 atom stereocenters. The molecule has 7 nitrogen and oxygen atoms in total. The van der Waals surface area contributed by atoms with E-state index in [9.17, 15) is 22.7 Å². The number of ether oxygens (including phenoxy) is 1. The summed E-state index contributed by atoms with van der Waals surface area (Å²) in [5.41, 5.74) is 0.0519. The normalized spacial score (nSPS) is 25.4. The Balaban J connectivity index is 1.83. The average Bonchev–Trinajstić information content (AvgIpc) is 3.28. The number of likely N-dealkylation sites (tertiary alicyclic amines) is 1. The predicted octanol–water partition coefficient (Wildman–Crippen LogP) is 4.17. The standard InChI is InChI=1S/C20H18BrClFNO6S/c1-31(27,28)30-12-7-16(24(10-12)19(25)26)20(11-5-3-2-4-6-11)9-13-15(29-20)8-14(23)18(22)17(13)21/h2-6,8,12,16H,7,9-10H2,1H3,(H,25,26)/t12-,16-,20-/m0/s1. The van der Waals surface area contributed by atoms with Gasteiger partial charge in [-0.05, 0) is 21.5 Å². The van der Waals surface area contributed by atoms with Gasteiger partial charge in [0.05, 0.1) is 30.0 Å². The number of fused-ring (bicyclic) bond motifs is 1. The van der Waals surface area contributed by atoms with E-state index in [0.29, 0.717) is 15.6 Å². The van der Waals surface area contributed by atoms with Gasteiger partial charge in [0.2, 0.25) is 0 Å². The topological polar surface area (TPSA) is 93.1 Å². The second-order valence-electron chi connectivity index (χ2n) is 7.61. The third-order valence-corrected chi connectivity index (χ3v) is 7.67. The number of rotatable bonds is 4. The molecule has 4 rings (SSSR count). The van der Waals surface area contributed by atoms with Gasteiger partial charge < -0.3 is 9.84 Å². The van der Waals surface area contributed by atoms with Crippen molar-refractivity contribution >= 4 is 43.7 Å². The summed E-state index contributed by atoms with van der Waals surface area (Å²) in [6.45, 7) is -0.141. The Kier molecular flexibility index (Phi) is 5.70. The van der Waals surface area contributed by atoms with Crippen LogP contribution in [0, 0.1) is 5.82 Å². The van der Waals surface area contributed by atoms with Gasteiger partial charge in [0, 0.05) is 28.9 Å². The summed E-state index contributed by atoms with van der Waals surface area (Å²) in [6.07, 6.45) is -0.902. The van der Waals surface area contributed by atoms with E-state index in [4.69, 9.17) is 20.5 Å². The molecule has 2 aromatic carbocycles. The van der Waals surface area contributed by atoms with Crippen molar-refractivity contribution in [2.75, 3.05) is 12.8 Å². The van der Waals surface area contributed by atoms with E-state index in [2.05, 4.69) is 15.9 Å². The van der Waals surface area contributed by atoms with Gasteiger partial charge in [0.1, 0.15) is 11.6 Å². The number of benzene rings is 2. The maximum absolute atomic E-state index is 14.3. The molecule has 0 spiro atoms. The first-order valence-electron chi connectivity index (χ1n) is 9.30. The summed E-state index contributed by atoms with van der Waals surface area (Å²) in [5.74, 6) is -0.425. The zero-order chi connectivity index (χ0) is 22.6. The Morgan fingerprint density at radius 2 is 2.06 bits per heavy atom. The van der Waals surface area contributed by atoms with E-state index >= 15 is 0 Å². The summed E-state index contributed by atoms with van der Waals surface area (Å²) in [4.78, 5) is 13.2. The molecule has 0 saturated carbocycles. The number of hydrogen-bond donors (Lipinski definition) is 1. The average molecular weight is 535 g/mol. The number of hydrogen-bond acceptors (Lipinski definition) is 5. The van der Waals surface area contributed by atoms with Gasteiger partial charge in [-0.15, -0.1) is 0 Å². The lowest BCUT2D eigenvalue weighted by Gasteiger charge is -2.38. The van der Waals surface area contributed by atoms with Crippen molar-refractivity contribution in [3.05, 3.63) is 62.8 Å². The third-order valence-electron chi connectivity index (χ3n) is 5.57. The predicted molar refractivity (Wildman–Crippen MR) is 114 cm³/mol. The molecule has 2 aliphatic heterocycles. The van der Waals surface area contributed by atoms with Crippen LogP contribution >= 0.6 is 27.5 Å². The lowest BCUT2D eigenvalue weighted by molar-refractivity contribution is 0.00659. The Bertz CT molecular complexity index is 1150. The molecule has 0 unspecified atom stereocenters. The number of amides is 1. The second-order valence-corrected chi connectivity index (χ2v) is 10.4. The monoisotopic (exact) mass is 533 g/mol. The van der Waals surface area contributed by atoms with Crippen LogP contribution in [-0.4, -0.2) is 49.5 Å². The molecule has 2 aromatic rings. The highest BCUT2D eigenvalue weighted by atomic mass is 79.9. The van der Waals surface area contributed by atoms with E-state index in [1.165, 1.54) is 6.07 Å². The Labute approximate surface area is 192 Å². The van der Waals surface area contributed by atoms with Gasteiger partial charge in [-0.2, -0.15) is 8.42 Å². The summed E-state index contributed by atoms with van der Waals surface area (Å²) < 4.78 is 49.4. The molecular weight excluding hydrogens is 517 g/mol. The van der Waals surface area contributed by atoms with Gasteiger partial charge in [0.15, 0.2) is 5.60 Å². The fourth-order valence-electron chi connectivity index (χ4n) is 4.39. The summed E-state index contributed by atoms with van der Waals surface area (Å²) in [7, 11) is -3.79. The molecule has 0 bridgehead atoms. The van der Waals surface area contributed by atoms with Crippen LogP contribution < -0.4 is 4.74 Å². The van der Waals surface area contributed by atoms with Crippen LogP contribution in [0.5, 0.6) is 5.75 Å². The molecule has 1 saturated heterocycles. The van der Waals surface area contributed by atoms with Gasteiger partial charge in [-0.1, -0.05) is 41.9 Å². The number of nitrogens with zero attached hydrogens (tertiary/aromatic N) is 1. The smallest absolute Gasteiger partial charge is 0.407 e. The largest absolute Gasteiger partial charge is 0.480 e. The zero-order valence-corrected chi connectivity index (χ0v) is 19.4. The lowest BCUT2D eigenvalue weighted by Crippen LogP contribution is -2.52. The SMILES string of the molecule is CS(=O)(=O)O[C@H]1C[C@@H]([C@@]2(c3ccccc3)Cc3c(cc(F)c(Cl)c3Br)O2)N(C(=O)O)C1. The first-order chi connectivity index (χ1) is 14.5. The molecule has 2 heterocycles. The number of carboxylic acid groups (broad SMARTS) is 1. The number of halogens is 3. The van der Waals surface area contributed by atoms with Crippen molar-refractivity contribution in [3.8, 4) is 5.75 Å². The summed E-state index contributed by atoms with van der Waals surface area (Å²) >= 11 is 9.39. The van der Waals surface area contributed by atoms with Crippen LogP contribution in [0.1, 0.15) is 17.5 Å². The van der Waals surface area contributed by atoms with Gasteiger partial charge in [-0.3, -0.25) is 9.08 Å². The molecule has 31 heavy (non-hydrogen) atoms. The second kappa shape index (κ2) is 7.91. The minimum atomic E-state index is -3.79. The van der Waals surface area contributed by atoms with Crippen molar-refractivity contribution in [1.29, 1.82) is 0 Å². The van der Waals surface area contributed by atoms with E-state index < -0.39 is 39.8 Å². The Morgan fingerprint density at radius 1 is 1.39 bits per heavy atom. The van der Waals surface area contributed by atoms with Crippen LogP contribution in [0.2, 0.25) is 5.02 Å². The molecule has 11 heteroatoms. The van der Waals surface area contributed by atoms with E-state index in [1.807, 2.05) is 6.07 Å². The van der Waals surface area contributed by atoms with Crippen LogP contribution in [0.25, 0.3) is 0 Å². The molecule has 166 valence electrons. The highest BCUT2D eigenvalue weighted by molar-refractivity contribution is 9.10. The van der Waals surface area contributed by atoms with Crippen LogP contribution in [0.15, 0.2) is 40.9 Å². The van der Waals surface area contributed by atoms with E-state index in [0.717, 1.165) is 11.2 Å². The molecule has 1 N–H and O–H groups in total. The highest BCUT2D eigenvalue weighted by Gasteiger charge is 2.56. The summed E-state index contributed by atoms with van der Waals surface area (Å²) in [6, 6.07) is 9.36.